The largest absolute Gasteiger partial charge is 0.462 e. The second-order valence-electron chi connectivity index (χ2n) is 14.0. The van der Waals surface area contributed by atoms with Gasteiger partial charge in [-0.25, -0.2) is 0 Å². The standard InChI is InChI=1S/C36H50O2/c1-24(2)25(3)12-13-26(4)31-16-17-32-30-15-14-28-23-29(38-34(37)22-27-10-8-7-9-11-27)18-20-35(28,5)33(30)19-21-36(31,32)6/h7-15,24-26,29,31-33H,16-23H2,1-6H3/t25-,26+,29-,31+,32-,33-,35-,36+/m0/s1. The van der Waals surface area contributed by atoms with E-state index in [0.717, 1.165) is 36.7 Å². The third-order valence-corrected chi connectivity index (χ3v) is 11.5. The van der Waals surface area contributed by atoms with E-state index in [0.29, 0.717) is 35.5 Å². The van der Waals surface area contributed by atoms with Crippen LogP contribution < -0.4 is 0 Å². The molecule has 2 heteroatoms. The molecule has 3 fully saturated rings. The predicted octanol–water partition coefficient (Wildman–Crippen LogP) is 9.12. The molecule has 0 heterocycles. The van der Waals surface area contributed by atoms with Crippen molar-refractivity contribution in [3.8, 4) is 0 Å². The highest BCUT2D eigenvalue weighted by molar-refractivity contribution is 5.72. The molecule has 0 saturated heterocycles. The number of fused-ring (bicyclic) bond motifs is 5. The van der Waals surface area contributed by atoms with Gasteiger partial charge in [-0.1, -0.05) is 107 Å². The number of carbonyl (C=O) groups is 1. The van der Waals surface area contributed by atoms with E-state index in [2.05, 4.69) is 65.8 Å². The molecule has 1 aromatic rings. The minimum Gasteiger partial charge on any atom is -0.462 e. The molecular formula is C36H50O2. The van der Waals surface area contributed by atoms with Gasteiger partial charge in [0.15, 0.2) is 0 Å². The Balaban J connectivity index is 1.28. The predicted molar refractivity (Wildman–Crippen MR) is 158 cm³/mol. The first-order chi connectivity index (χ1) is 18.1. The normalized spacial score (nSPS) is 36.1. The van der Waals surface area contributed by atoms with Crippen molar-refractivity contribution in [3.63, 3.8) is 0 Å². The van der Waals surface area contributed by atoms with Gasteiger partial charge in [-0.05, 0) is 90.4 Å². The van der Waals surface area contributed by atoms with Crippen molar-refractivity contribution in [2.75, 3.05) is 0 Å². The van der Waals surface area contributed by atoms with Gasteiger partial charge in [-0.15, -0.1) is 0 Å². The molecule has 0 aromatic heterocycles. The molecule has 0 unspecified atom stereocenters. The van der Waals surface area contributed by atoms with Gasteiger partial charge in [0.2, 0.25) is 0 Å². The molecule has 2 nitrogen and oxygen atoms in total. The van der Waals surface area contributed by atoms with Gasteiger partial charge in [-0.2, -0.15) is 0 Å². The number of hydrogen-bond acceptors (Lipinski definition) is 2. The van der Waals surface area contributed by atoms with E-state index in [1.165, 1.54) is 31.3 Å². The highest BCUT2D eigenvalue weighted by Crippen LogP contribution is 2.66. The molecule has 0 aliphatic heterocycles. The van der Waals surface area contributed by atoms with Crippen molar-refractivity contribution in [3.05, 3.63) is 71.3 Å². The molecule has 38 heavy (non-hydrogen) atoms. The van der Waals surface area contributed by atoms with Crippen molar-refractivity contribution in [2.45, 2.75) is 99.0 Å². The fourth-order valence-electron chi connectivity index (χ4n) is 8.67. The van der Waals surface area contributed by atoms with Crippen molar-refractivity contribution in [1.29, 1.82) is 0 Å². The highest BCUT2D eigenvalue weighted by Gasteiger charge is 2.57. The van der Waals surface area contributed by atoms with Gasteiger partial charge in [-0.3, -0.25) is 4.79 Å². The van der Waals surface area contributed by atoms with Crippen LogP contribution in [-0.4, -0.2) is 12.1 Å². The summed E-state index contributed by atoms with van der Waals surface area (Å²) >= 11 is 0. The summed E-state index contributed by atoms with van der Waals surface area (Å²) in [6, 6.07) is 9.96. The Morgan fingerprint density at radius 2 is 1.71 bits per heavy atom. The highest BCUT2D eigenvalue weighted by atomic mass is 16.5. The fraction of sp³-hybridized carbons (Fsp3) is 0.639. The number of carbonyl (C=O) groups excluding carboxylic acids is 1. The molecule has 8 atom stereocenters. The summed E-state index contributed by atoms with van der Waals surface area (Å²) < 4.78 is 6.00. The van der Waals surface area contributed by atoms with Gasteiger partial charge in [0.05, 0.1) is 6.42 Å². The van der Waals surface area contributed by atoms with Gasteiger partial charge in [0.1, 0.15) is 6.10 Å². The van der Waals surface area contributed by atoms with Crippen LogP contribution in [0.1, 0.15) is 92.1 Å². The molecule has 0 N–H and O–H groups in total. The number of allylic oxidation sites excluding steroid dienone is 5. The zero-order chi connectivity index (χ0) is 27.1. The maximum Gasteiger partial charge on any atom is 0.310 e. The Bertz CT molecular complexity index is 1090. The summed E-state index contributed by atoms with van der Waals surface area (Å²) in [7, 11) is 0. The minimum absolute atomic E-state index is 0.0195. The summed E-state index contributed by atoms with van der Waals surface area (Å²) in [5.74, 6) is 4.08. The Kier molecular flexibility index (Phi) is 7.82. The van der Waals surface area contributed by atoms with Crippen LogP contribution in [0.4, 0.5) is 0 Å². The third-order valence-electron chi connectivity index (χ3n) is 11.5. The molecule has 5 rings (SSSR count). The zero-order valence-electron chi connectivity index (χ0n) is 24.7. The van der Waals surface area contributed by atoms with E-state index in [-0.39, 0.29) is 17.5 Å². The first kappa shape index (κ1) is 27.5. The lowest BCUT2D eigenvalue weighted by atomic mass is 9.50. The lowest BCUT2D eigenvalue weighted by Gasteiger charge is -2.55. The van der Waals surface area contributed by atoms with E-state index in [4.69, 9.17) is 4.74 Å². The second kappa shape index (κ2) is 10.8. The Morgan fingerprint density at radius 1 is 0.947 bits per heavy atom. The molecule has 3 saturated carbocycles. The van der Waals surface area contributed by atoms with Crippen LogP contribution in [0.5, 0.6) is 0 Å². The molecule has 0 bridgehead atoms. The zero-order valence-corrected chi connectivity index (χ0v) is 24.7. The van der Waals surface area contributed by atoms with E-state index in [9.17, 15) is 4.79 Å². The lowest BCUT2D eigenvalue weighted by molar-refractivity contribution is -0.150. The molecule has 4 aliphatic carbocycles. The van der Waals surface area contributed by atoms with Gasteiger partial charge < -0.3 is 4.74 Å². The van der Waals surface area contributed by atoms with Gasteiger partial charge in [0, 0.05) is 6.42 Å². The summed E-state index contributed by atoms with van der Waals surface area (Å²) in [6.07, 6.45) is 18.7. The Labute approximate surface area is 232 Å². The summed E-state index contributed by atoms with van der Waals surface area (Å²) in [5.41, 5.74) is 4.94. The lowest BCUT2D eigenvalue weighted by Crippen LogP contribution is -2.46. The third kappa shape index (κ3) is 5.09. The van der Waals surface area contributed by atoms with E-state index in [1.807, 2.05) is 30.3 Å². The first-order valence-electron chi connectivity index (χ1n) is 15.4. The van der Waals surface area contributed by atoms with Crippen molar-refractivity contribution in [1.82, 2.24) is 0 Å². The maximum atomic E-state index is 12.7. The van der Waals surface area contributed by atoms with Crippen molar-refractivity contribution < 1.29 is 9.53 Å². The van der Waals surface area contributed by atoms with E-state index < -0.39 is 0 Å². The number of benzene rings is 1. The summed E-state index contributed by atoms with van der Waals surface area (Å²) in [4.78, 5) is 12.7. The molecule has 0 radical (unpaired) electrons. The van der Waals surface area contributed by atoms with Crippen LogP contribution in [0, 0.1) is 46.3 Å². The summed E-state index contributed by atoms with van der Waals surface area (Å²) in [5, 5.41) is 0. The molecule has 206 valence electrons. The van der Waals surface area contributed by atoms with Gasteiger partial charge in [0.25, 0.3) is 0 Å². The van der Waals surface area contributed by atoms with Crippen molar-refractivity contribution >= 4 is 5.97 Å². The van der Waals surface area contributed by atoms with Crippen LogP contribution in [0.25, 0.3) is 0 Å². The first-order valence-corrected chi connectivity index (χ1v) is 15.4. The van der Waals surface area contributed by atoms with Crippen LogP contribution >= 0.6 is 0 Å². The SMILES string of the molecule is CC(C)[C@@H](C)C=C[C@@H](C)[C@H]1CC[C@H]2C3=CC=C4C[C@@H](OC(=O)Cc5ccccc5)CC[C@]4(C)[C@H]3CC[C@]12C. The average Bonchev–Trinajstić information content (AvgIpc) is 3.25. The fourth-order valence-corrected chi connectivity index (χ4v) is 8.67. The van der Waals surface area contributed by atoms with Crippen LogP contribution in [0.3, 0.4) is 0 Å². The monoisotopic (exact) mass is 514 g/mol. The Hall–Kier alpha value is -2.09. The topological polar surface area (TPSA) is 26.3 Å². The number of ether oxygens (including phenoxy) is 1. The van der Waals surface area contributed by atoms with Gasteiger partial charge >= 0.3 is 5.97 Å². The molecule has 0 amide bonds. The smallest absolute Gasteiger partial charge is 0.310 e. The van der Waals surface area contributed by atoms with Crippen LogP contribution in [0.2, 0.25) is 0 Å². The summed E-state index contributed by atoms with van der Waals surface area (Å²) in [6.45, 7) is 14.6. The molecule has 4 aliphatic rings. The molecule has 0 spiro atoms. The molecular weight excluding hydrogens is 464 g/mol. The van der Waals surface area contributed by atoms with Crippen LogP contribution in [-0.2, 0) is 16.0 Å². The van der Waals surface area contributed by atoms with Crippen LogP contribution in [0.15, 0.2) is 65.8 Å². The average molecular weight is 515 g/mol. The maximum absolute atomic E-state index is 12.7. The van der Waals surface area contributed by atoms with Crippen molar-refractivity contribution in [2.24, 2.45) is 46.3 Å². The van der Waals surface area contributed by atoms with E-state index >= 15 is 0 Å². The Morgan fingerprint density at radius 3 is 2.45 bits per heavy atom. The minimum atomic E-state index is -0.0890. The van der Waals surface area contributed by atoms with E-state index in [1.54, 1.807) is 5.57 Å². The second-order valence-corrected chi connectivity index (χ2v) is 14.0. The number of esters is 1. The quantitative estimate of drug-likeness (QED) is 0.268. The molecule has 1 aromatic carbocycles. The number of rotatable bonds is 7. The number of hydrogen-bond donors (Lipinski definition) is 0.